The van der Waals surface area contributed by atoms with Gasteiger partial charge in [-0.1, -0.05) is 26.0 Å². The lowest BCUT2D eigenvalue weighted by molar-refractivity contribution is -0.385. The Kier molecular flexibility index (Phi) is 4.63. The van der Waals surface area contributed by atoms with Crippen molar-refractivity contribution in [2.24, 2.45) is 5.92 Å². The van der Waals surface area contributed by atoms with Gasteiger partial charge in [-0.25, -0.2) is 0 Å². The van der Waals surface area contributed by atoms with Gasteiger partial charge in [0, 0.05) is 17.7 Å². The zero-order valence-corrected chi connectivity index (χ0v) is 10.9. The highest BCUT2D eigenvalue weighted by atomic mass is 16.6. The third-order valence-corrected chi connectivity index (χ3v) is 3.05. The molecule has 0 spiro atoms. The fourth-order valence-corrected chi connectivity index (χ4v) is 1.92. The standard InChI is InChI=1S/C13H20N2O2/c1-9(2)12(14-4)8-11-6-5-10(3)7-13(11)15(16)17/h5-7,9,12,14H,8H2,1-4H3. The average Bonchev–Trinajstić information content (AvgIpc) is 2.26. The van der Waals surface area contributed by atoms with Crippen molar-refractivity contribution in [2.45, 2.75) is 33.2 Å². The zero-order valence-electron chi connectivity index (χ0n) is 10.9. The Bertz CT molecular complexity index is 402. The van der Waals surface area contributed by atoms with Crippen molar-refractivity contribution in [3.8, 4) is 0 Å². The number of benzene rings is 1. The monoisotopic (exact) mass is 236 g/mol. The summed E-state index contributed by atoms with van der Waals surface area (Å²) in [7, 11) is 1.89. The van der Waals surface area contributed by atoms with Crippen molar-refractivity contribution >= 4 is 5.69 Å². The molecule has 1 aromatic carbocycles. The van der Waals surface area contributed by atoms with Gasteiger partial charge in [0.05, 0.1) is 4.92 Å². The van der Waals surface area contributed by atoms with E-state index in [1.165, 1.54) is 0 Å². The van der Waals surface area contributed by atoms with Crippen LogP contribution in [0, 0.1) is 23.0 Å². The number of nitrogens with zero attached hydrogens (tertiary/aromatic N) is 1. The third-order valence-electron chi connectivity index (χ3n) is 3.05. The average molecular weight is 236 g/mol. The summed E-state index contributed by atoms with van der Waals surface area (Å²) in [6.45, 7) is 6.09. The lowest BCUT2D eigenvalue weighted by atomic mass is 9.95. The smallest absolute Gasteiger partial charge is 0.272 e. The quantitative estimate of drug-likeness (QED) is 0.631. The van der Waals surface area contributed by atoms with E-state index >= 15 is 0 Å². The minimum absolute atomic E-state index is 0.228. The van der Waals surface area contributed by atoms with Crippen molar-refractivity contribution in [3.05, 3.63) is 39.4 Å². The molecule has 0 saturated heterocycles. The van der Waals surface area contributed by atoms with Gasteiger partial charge in [0.1, 0.15) is 0 Å². The van der Waals surface area contributed by atoms with E-state index in [4.69, 9.17) is 0 Å². The van der Waals surface area contributed by atoms with E-state index in [0.29, 0.717) is 12.3 Å². The summed E-state index contributed by atoms with van der Waals surface area (Å²) in [6, 6.07) is 5.69. The van der Waals surface area contributed by atoms with Gasteiger partial charge in [-0.3, -0.25) is 10.1 Å². The van der Waals surface area contributed by atoms with Gasteiger partial charge in [-0.2, -0.15) is 0 Å². The van der Waals surface area contributed by atoms with Gasteiger partial charge in [-0.15, -0.1) is 0 Å². The molecule has 0 saturated carbocycles. The second-order valence-electron chi connectivity index (χ2n) is 4.73. The predicted molar refractivity (Wildman–Crippen MR) is 69.2 cm³/mol. The maximum absolute atomic E-state index is 11.0. The summed E-state index contributed by atoms with van der Waals surface area (Å²) in [5, 5.41) is 14.2. The molecule has 0 aromatic heterocycles. The largest absolute Gasteiger partial charge is 0.316 e. The lowest BCUT2D eigenvalue weighted by Gasteiger charge is -2.20. The highest BCUT2D eigenvalue weighted by Crippen LogP contribution is 2.22. The molecule has 1 atom stereocenters. The molecule has 0 aliphatic rings. The van der Waals surface area contributed by atoms with Crippen LogP contribution in [0.25, 0.3) is 0 Å². The van der Waals surface area contributed by atoms with Crippen LogP contribution in [-0.2, 0) is 6.42 Å². The van der Waals surface area contributed by atoms with Crippen molar-refractivity contribution in [2.75, 3.05) is 7.05 Å². The van der Waals surface area contributed by atoms with Gasteiger partial charge in [0.15, 0.2) is 0 Å². The molecule has 1 N–H and O–H groups in total. The number of nitro benzene ring substituents is 1. The number of nitro groups is 1. The van der Waals surface area contributed by atoms with Gasteiger partial charge < -0.3 is 5.32 Å². The van der Waals surface area contributed by atoms with E-state index in [0.717, 1.165) is 11.1 Å². The third kappa shape index (κ3) is 3.53. The molecule has 0 amide bonds. The highest BCUT2D eigenvalue weighted by molar-refractivity contribution is 5.43. The lowest BCUT2D eigenvalue weighted by Crippen LogP contribution is -2.32. The summed E-state index contributed by atoms with van der Waals surface area (Å²) in [5.41, 5.74) is 1.95. The maximum atomic E-state index is 11.0. The van der Waals surface area contributed by atoms with E-state index < -0.39 is 0 Å². The molecular weight excluding hydrogens is 216 g/mol. The summed E-state index contributed by atoms with van der Waals surface area (Å²) in [4.78, 5) is 10.7. The van der Waals surface area contributed by atoms with Crippen LogP contribution in [0.2, 0.25) is 0 Å². The fraction of sp³-hybridized carbons (Fsp3) is 0.538. The summed E-state index contributed by atoms with van der Waals surface area (Å²) < 4.78 is 0. The molecule has 0 radical (unpaired) electrons. The van der Waals surface area contributed by atoms with E-state index in [1.54, 1.807) is 6.07 Å². The predicted octanol–water partition coefficient (Wildman–Crippen LogP) is 2.69. The molecule has 17 heavy (non-hydrogen) atoms. The number of hydrogen-bond donors (Lipinski definition) is 1. The number of aryl methyl sites for hydroxylation is 1. The van der Waals surface area contributed by atoms with E-state index in [2.05, 4.69) is 19.2 Å². The Morgan fingerprint density at radius 1 is 1.41 bits per heavy atom. The minimum atomic E-state index is -0.296. The number of hydrogen-bond acceptors (Lipinski definition) is 3. The molecule has 0 aliphatic carbocycles. The topological polar surface area (TPSA) is 55.2 Å². The summed E-state index contributed by atoms with van der Waals surface area (Å²) in [6.07, 6.45) is 0.685. The van der Waals surface area contributed by atoms with Gasteiger partial charge >= 0.3 is 0 Å². The van der Waals surface area contributed by atoms with Crippen LogP contribution in [0.3, 0.4) is 0 Å². The first kappa shape index (κ1) is 13.6. The van der Waals surface area contributed by atoms with Crippen LogP contribution in [0.4, 0.5) is 5.69 Å². The molecule has 0 heterocycles. The molecule has 0 fully saturated rings. The Morgan fingerprint density at radius 3 is 2.53 bits per heavy atom. The number of rotatable bonds is 5. The van der Waals surface area contributed by atoms with Crippen LogP contribution >= 0.6 is 0 Å². The zero-order chi connectivity index (χ0) is 13.0. The first-order valence-electron chi connectivity index (χ1n) is 5.87. The SMILES string of the molecule is CNC(Cc1ccc(C)cc1[N+](=O)[O-])C(C)C. The normalized spacial score (nSPS) is 12.8. The number of nitrogens with one attached hydrogen (secondary N) is 1. The molecule has 94 valence electrons. The second kappa shape index (κ2) is 5.77. The summed E-state index contributed by atoms with van der Waals surface area (Å²) >= 11 is 0. The molecule has 0 bridgehead atoms. The van der Waals surface area contributed by atoms with Gasteiger partial charge in [0.2, 0.25) is 0 Å². The Hall–Kier alpha value is -1.42. The van der Waals surface area contributed by atoms with Crippen molar-refractivity contribution < 1.29 is 4.92 Å². The molecule has 1 rings (SSSR count). The van der Waals surface area contributed by atoms with Gasteiger partial charge in [-0.05, 0) is 31.9 Å². The maximum Gasteiger partial charge on any atom is 0.272 e. The molecule has 1 unspecified atom stereocenters. The van der Waals surface area contributed by atoms with E-state index in [-0.39, 0.29) is 16.7 Å². The fourth-order valence-electron chi connectivity index (χ4n) is 1.92. The molecule has 1 aromatic rings. The first-order valence-corrected chi connectivity index (χ1v) is 5.87. The van der Waals surface area contributed by atoms with Crippen LogP contribution in [-0.4, -0.2) is 18.0 Å². The Labute approximate surface area is 102 Å². The van der Waals surface area contributed by atoms with Crippen LogP contribution < -0.4 is 5.32 Å². The molecule has 4 nitrogen and oxygen atoms in total. The van der Waals surface area contributed by atoms with Crippen LogP contribution in [0.1, 0.15) is 25.0 Å². The first-order chi connectivity index (χ1) is 7.95. The Balaban J connectivity index is 3.01. The van der Waals surface area contributed by atoms with Crippen LogP contribution in [0.15, 0.2) is 18.2 Å². The van der Waals surface area contributed by atoms with Crippen LogP contribution in [0.5, 0.6) is 0 Å². The Morgan fingerprint density at radius 2 is 2.06 bits per heavy atom. The molecule has 4 heteroatoms. The van der Waals surface area contributed by atoms with E-state index in [1.807, 2.05) is 26.1 Å². The minimum Gasteiger partial charge on any atom is -0.316 e. The van der Waals surface area contributed by atoms with Gasteiger partial charge in [0.25, 0.3) is 5.69 Å². The van der Waals surface area contributed by atoms with Crippen molar-refractivity contribution in [1.29, 1.82) is 0 Å². The summed E-state index contributed by atoms with van der Waals surface area (Å²) in [5.74, 6) is 0.445. The highest BCUT2D eigenvalue weighted by Gasteiger charge is 2.19. The van der Waals surface area contributed by atoms with Crippen molar-refractivity contribution in [3.63, 3.8) is 0 Å². The molecular formula is C13H20N2O2. The number of likely N-dealkylation sites (N-methyl/N-ethyl adjacent to an activating group) is 1. The molecule has 0 aliphatic heterocycles. The van der Waals surface area contributed by atoms with Crippen molar-refractivity contribution in [1.82, 2.24) is 5.32 Å². The second-order valence-corrected chi connectivity index (χ2v) is 4.73. The van der Waals surface area contributed by atoms with E-state index in [9.17, 15) is 10.1 Å².